The number of nitrogens with two attached hydrogens (primary N) is 1. The van der Waals surface area contributed by atoms with E-state index in [0.29, 0.717) is 6.04 Å². The largest absolute Gasteiger partial charge is 0.387 e. The van der Waals surface area contributed by atoms with Crippen LogP contribution in [-0.4, -0.2) is 22.9 Å². The van der Waals surface area contributed by atoms with Gasteiger partial charge >= 0.3 is 0 Å². The van der Waals surface area contributed by atoms with E-state index in [0.717, 1.165) is 17.5 Å². The van der Waals surface area contributed by atoms with Crippen molar-refractivity contribution < 1.29 is 0 Å². The Balaban J connectivity index is 2.32. The van der Waals surface area contributed by atoms with Gasteiger partial charge in [0.1, 0.15) is 0 Å². The van der Waals surface area contributed by atoms with Crippen LogP contribution >= 0.6 is 11.8 Å². The lowest BCUT2D eigenvalue weighted by Gasteiger charge is -2.07. The second-order valence-electron chi connectivity index (χ2n) is 3.52. The summed E-state index contributed by atoms with van der Waals surface area (Å²) in [6, 6.07) is 0.518. The quantitative estimate of drug-likeness (QED) is 0.559. The maximum Gasteiger partial charge on any atom is 0.0937 e. The second kappa shape index (κ2) is 5.53. The minimum Gasteiger partial charge on any atom is -0.387 e. The summed E-state index contributed by atoms with van der Waals surface area (Å²) in [6.07, 6.45) is 4.68. The number of thioether (sulfide) groups is 1. The van der Waals surface area contributed by atoms with E-state index >= 15 is 0 Å². The molecule has 0 radical (unpaired) electrons. The van der Waals surface area contributed by atoms with Crippen LogP contribution in [0.25, 0.3) is 0 Å². The van der Waals surface area contributed by atoms with Gasteiger partial charge in [0.2, 0.25) is 0 Å². The molecule has 0 aliphatic heterocycles. The molecule has 0 aromatic carbocycles. The lowest BCUT2D eigenvalue weighted by molar-refractivity contribution is 0.704. The first-order chi connectivity index (χ1) is 6.26. The van der Waals surface area contributed by atoms with E-state index in [1.54, 1.807) is 0 Å². The Morgan fingerprint density at radius 2 is 2.23 bits per heavy atom. The number of amidine groups is 1. The van der Waals surface area contributed by atoms with E-state index in [1.165, 1.54) is 25.0 Å². The van der Waals surface area contributed by atoms with Crippen LogP contribution in [0.15, 0.2) is 4.99 Å². The summed E-state index contributed by atoms with van der Waals surface area (Å²) in [6.45, 7) is 4.29. The van der Waals surface area contributed by atoms with Gasteiger partial charge in [0.25, 0.3) is 0 Å². The fourth-order valence-corrected chi connectivity index (χ4v) is 2.88. The third-order valence-corrected chi connectivity index (χ3v) is 3.70. The molecule has 13 heavy (non-hydrogen) atoms. The number of rotatable bonds is 4. The predicted octanol–water partition coefficient (Wildman–Crippen LogP) is 2.43. The lowest BCUT2D eigenvalue weighted by Crippen LogP contribution is -2.14. The van der Waals surface area contributed by atoms with Gasteiger partial charge in [0.15, 0.2) is 0 Å². The van der Waals surface area contributed by atoms with Crippen LogP contribution in [0.4, 0.5) is 0 Å². The first kappa shape index (κ1) is 10.9. The Hall–Kier alpha value is -0.180. The highest BCUT2D eigenvalue weighted by molar-refractivity contribution is 7.99. The molecule has 2 atom stereocenters. The third kappa shape index (κ3) is 3.59. The van der Waals surface area contributed by atoms with Gasteiger partial charge in [-0.15, -0.1) is 0 Å². The number of aliphatic imine (C=N–C) groups is 1. The van der Waals surface area contributed by atoms with Crippen molar-refractivity contribution in [2.75, 3.05) is 5.75 Å². The van der Waals surface area contributed by atoms with Crippen LogP contribution in [0.5, 0.6) is 0 Å². The van der Waals surface area contributed by atoms with E-state index in [4.69, 9.17) is 5.73 Å². The summed E-state index contributed by atoms with van der Waals surface area (Å²) >= 11 is 2.07. The molecule has 0 bridgehead atoms. The molecule has 0 spiro atoms. The Kier molecular flexibility index (Phi) is 4.64. The van der Waals surface area contributed by atoms with Crippen molar-refractivity contribution in [1.29, 1.82) is 0 Å². The number of nitrogens with zero attached hydrogens (tertiary/aromatic N) is 1. The predicted molar refractivity (Wildman–Crippen MR) is 61.5 cm³/mol. The van der Waals surface area contributed by atoms with Crippen LogP contribution in [0, 0.1) is 0 Å². The van der Waals surface area contributed by atoms with Crippen molar-refractivity contribution in [3.8, 4) is 0 Å². The first-order valence-corrected chi connectivity index (χ1v) is 6.24. The summed E-state index contributed by atoms with van der Waals surface area (Å²) in [5, 5.41) is 0.836. The van der Waals surface area contributed by atoms with Crippen molar-refractivity contribution in [3.63, 3.8) is 0 Å². The van der Waals surface area contributed by atoms with Crippen molar-refractivity contribution in [2.24, 2.45) is 10.7 Å². The van der Waals surface area contributed by atoms with Gasteiger partial charge in [-0.2, -0.15) is 11.8 Å². The van der Waals surface area contributed by atoms with E-state index in [2.05, 4.69) is 30.6 Å². The number of hydrogen-bond acceptors (Lipinski definition) is 2. The van der Waals surface area contributed by atoms with E-state index in [9.17, 15) is 0 Å². The van der Waals surface area contributed by atoms with Gasteiger partial charge in [-0.25, -0.2) is 0 Å². The van der Waals surface area contributed by atoms with Crippen molar-refractivity contribution >= 4 is 17.6 Å². The van der Waals surface area contributed by atoms with E-state index in [1.807, 2.05) is 0 Å². The van der Waals surface area contributed by atoms with Gasteiger partial charge < -0.3 is 5.73 Å². The summed E-state index contributed by atoms with van der Waals surface area (Å²) in [4.78, 5) is 4.51. The number of hydrogen-bond donors (Lipinski definition) is 1. The molecule has 2 unspecified atom stereocenters. The zero-order chi connectivity index (χ0) is 9.68. The van der Waals surface area contributed by atoms with Crippen molar-refractivity contribution in [2.45, 2.75) is 50.8 Å². The highest BCUT2D eigenvalue weighted by Gasteiger charge is 2.23. The molecular formula is C10H20N2S. The molecule has 1 saturated carbocycles. The smallest absolute Gasteiger partial charge is 0.0937 e. The minimum absolute atomic E-state index is 0.518. The molecule has 0 heterocycles. The summed E-state index contributed by atoms with van der Waals surface area (Å²) < 4.78 is 0. The molecule has 1 aliphatic rings. The molecule has 3 heteroatoms. The fourth-order valence-electron chi connectivity index (χ4n) is 1.75. The molecule has 1 aliphatic carbocycles. The topological polar surface area (TPSA) is 38.4 Å². The molecule has 2 N–H and O–H groups in total. The first-order valence-electron chi connectivity index (χ1n) is 5.20. The van der Waals surface area contributed by atoms with Gasteiger partial charge in [0, 0.05) is 11.7 Å². The van der Waals surface area contributed by atoms with Crippen LogP contribution in [0.2, 0.25) is 0 Å². The van der Waals surface area contributed by atoms with Crippen molar-refractivity contribution in [3.05, 3.63) is 0 Å². The monoisotopic (exact) mass is 200 g/mol. The molecule has 0 aromatic heterocycles. The van der Waals surface area contributed by atoms with Crippen LogP contribution in [-0.2, 0) is 0 Å². The SMILES string of the molecule is CCSC1CCC(N=C(N)CC)C1. The molecule has 2 nitrogen and oxygen atoms in total. The second-order valence-corrected chi connectivity index (χ2v) is 5.10. The zero-order valence-electron chi connectivity index (χ0n) is 8.62. The minimum atomic E-state index is 0.518. The van der Waals surface area contributed by atoms with Gasteiger partial charge in [-0.3, -0.25) is 4.99 Å². The summed E-state index contributed by atoms with van der Waals surface area (Å²) in [5.41, 5.74) is 5.72. The standard InChI is InChI=1S/C10H20N2S/c1-3-10(11)12-8-5-6-9(7-8)13-4-2/h8-9H,3-7H2,1-2H3,(H2,11,12). The maximum absolute atomic E-state index is 5.72. The van der Waals surface area contributed by atoms with Crippen LogP contribution < -0.4 is 5.73 Å². The third-order valence-electron chi connectivity index (χ3n) is 2.47. The summed E-state index contributed by atoms with van der Waals surface area (Å²) in [5.74, 6) is 2.05. The van der Waals surface area contributed by atoms with Crippen LogP contribution in [0.3, 0.4) is 0 Å². The fraction of sp³-hybridized carbons (Fsp3) is 0.900. The van der Waals surface area contributed by atoms with Gasteiger partial charge in [0.05, 0.1) is 11.9 Å². The van der Waals surface area contributed by atoms with Gasteiger partial charge in [-0.05, 0) is 25.0 Å². The summed E-state index contributed by atoms with van der Waals surface area (Å²) in [7, 11) is 0. The van der Waals surface area contributed by atoms with Crippen molar-refractivity contribution in [1.82, 2.24) is 0 Å². The molecule has 76 valence electrons. The molecule has 0 saturated heterocycles. The zero-order valence-corrected chi connectivity index (χ0v) is 9.44. The highest BCUT2D eigenvalue weighted by atomic mass is 32.2. The Bertz CT molecular complexity index is 180. The van der Waals surface area contributed by atoms with Crippen LogP contribution in [0.1, 0.15) is 39.5 Å². The molecule has 0 amide bonds. The van der Waals surface area contributed by atoms with E-state index < -0.39 is 0 Å². The average molecular weight is 200 g/mol. The maximum atomic E-state index is 5.72. The molecule has 1 rings (SSSR count). The molecular weight excluding hydrogens is 180 g/mol. The molecule has 1 fully saturated rings. The van der Waals surface area contributed by atoms with E-state index in [-0.39, 0.29) is 0 Å². The van der Waals surface area contributed by atoms with Gasteiger partial charge in [-0.1, -0.05) is 13.8 Å². The Morgan fingerprint density at radius 3 is 2.85 bits per heavy atom. The average Bonchev–Trinajstić information content (AvgIpc) is 2.53. The Morgan fingerprint density at radius 1 is 1.46 bits per heavy atom. The highest BCUT2D eigenvalue weighted by Crippen LogP contribution is 2.31. The molecule has 0 aromatic rings. The normalized spacial score (nSPS) is 29.5. The lowest BCUT2D eigenvalue weighted by atomic mass is 10.2. The Labute approximate surface area is 85.4 Å².